The van der Waals surface area contributed by atoms with Crippen LogP contribution in [0.4, 0.5) is 0 Å². The van der Waals surface area contributed by atoms with Gasteiger partial charge in [0.05, 0.1) is 18.8 Å². The summed E-state index contributed by atoms with van der Waals surface area (Å²) < 4.78 is 5.27. The Labute approximate surface area is 194 Å². The molecule has 0 aliphatic carbocycles. The number of nitrogens with one attached hydrogen (secondary N) is 1. The van der Waals surface area contributed by atoms with Gasteiger partial charge in [-0.15, -0.1) is 0 Å². The second kappa shape index (κ2) is 8.30. The van der Waals surface area contributed by atoms with E-state index in [1.54, 1.807) is 36.5 Å². The van der Waals surface area contributed by atoms with Crippen molar-refractivity contribution in [2.75, 3.05) is 7.11 Å². The number of halogens is 2. The van der Waals surface area contributed by atoms with E-state index in [1.165, 1.54) is 0 Å². The van der Waals surface area contributed by atoms with Crippen molar-refractivity contribution in [3.63, 3.8) is 0 Å². The van der Waals surface area contributed by atoms with Gasteiger partial charge in [0.15, 0.2) is 0 Å². The first-order valence-corrected chi connectivity index (χ1v) is 10.7. The number of ether oxygens (including phenoxy) is 1. The van der Waals surface area contributed by atoms with Crippen LogP contribution in [0.1, 0.15) is 33.2 Å². The van der Waals surface area contributed by atoms with Crippen LogP contribution in [0.15, 0.2) is 67.0 Å². The van der Waals surface area contributed by atoms with E-state index in [0.29, 0.717) is 28.0 Å². The number of carbonyl (C=O) groups excluding carboxylic acids is 1. The highest BCUT2D eigenvalue weighted by Gasteiger charge is 2.42. The van der Waals surface area contributed by atoms with Gasteiger partial charge in [-0.05, 0) is 59.7 Å². The molecule has 2 aromatic heterocycles. The fraction of sp³-hybridized carbons (Fsp3) is 0.125. The number of methoxy groups -OCH3 is 1. The number of pyridine rings is 1. The number of rotatable bonds is 5. The molecular weight excluding hydrogens is 447 g/mol. The minimum atomic E-state index is -0.425. The van der Waals surface area contributed by atoms with Crippen LogP contribution in [0.3, 0.4) is 0 Å². The molecule has 1 unspecified atom stereocenters. The third kappa shape index (κ3) is 3.51. The first-order valence-electron chi connectivity index (χ1n) is 9.94. The fourth-order valence-electron chi connectivity index (χ4n) is 4.06. The Morgan fingerprint density at radius 1 is 1.06 bits per heavy atom. The molecular formula is C24H18Cl2N4O2. The third-order valence-corrected chi connectivity index (χ3v) is 6.15. The topological polar surface area (TPSA) is 71.1 Å². The monoisotopic (exact) mass is 464 g/mol. The quantitative estimate of drug-likeness (QED) is 0.421. The molecule has 0 spiro atoms. The van der Waals surface area contributed by atoms with Gasteiger partial charge in [-0.3, -0.25) is 14.9 Å². The summed E-state index contributed by atoms with van der Waals surface area (Å²) in [6.07, 6.45) is 3.42. The lowest BCUT2D eigenvalue weighted by Gasteiger charge is -2.27. The molecule has 3 heterocycles. The van der Waals surface area contributed by atoms with E-state index in [2.05, 4.69) is 15.2 Å². The number of H-pyrrole nitrogens is 1. The maximum atomic E-state index is 13.5. The summed E-state index contributed by atoms with van der Waals surface area (Å²) in [4.78, 5) is 19.3. The maximum Gasteiger partial charge on any atom is 0.273 e. The molecule has 1 aliphatic rings. The van der Waals surface area contributed by atoms with Gasteiger partial charge in [-0.25, -0.2) is 0 Å². The Morgan fingerprint density at radius 3 is 2.50 bits per heavy atom. The highest BCUT2D eigenvalue weighted by molar-refractivity contribution is 6.35. The van der Waals surface area contributed by atoms with E-state index >= 15 is 0 Å². The van der Waals surface area contributed by atoms with Gasteiger partial charge >= 0.3 is 0 Å². The van der Waals surface area contributed by atoms with Crippen molar-refractivity contribution in [3.05, 3.63) is 99.4 Å². The van der Waals surface area contributed by atoms with Crippen LogP contribution in [-0.2, 0) is 6.54 Å². The number of nitrogens with zero attached hydrogens (tertiary/aromatic N) is 3. The SMILES string of the molecule is COc1ccc(-c2n[nH]c3c2C(c2ccc(Cl)cc2Cl)N(Cc2ccncc2)C3=O)cc1. The van der Waals surface area contributed by atoms with Crippen molar-refractivity contribution < 1.29 is 9.53 Å². The summed E-state index contributed by atoms with van der Waals surface area (Å²) in [6.45, 7) is 0.398. The molecule has 8 heteroatoms. The Morgan fingerprint density at radius 2 is 1.81 bits per heavy atom. The van der Waals surface area contributed by atoms with Gasteiger partial charge in [-0.2, -0.15) is 5.10 Å². The second-order valence-corrected chi connectivity index (χ2v) is 8.29. The predicted octanol–water partition coefficient (Wildman–Crippen LogP) is 5.53. The zero-order chi connectivity index (χ0) is 22.2. The highest BCUT2D eigenvalue weighted by atomic mass is 35.5. The predicted molar refractivity (Wildman–Crippen MR) is 123 cm³/mol. The lowest BCUT2D eigenvalue weighted by molar-refractivity contribution is 0.0730. The summed E-state index contributed by atoms with van der Waals surface area (Å²) in [5.41, 5.74) is 4.57. The van der Waals surface area contributed by atoms with Gasteiger partial charge < -0.3 is 9.64 Å². The van der Waals surface area contributed by atoms with Gasteiger partial charge in [0, 0.05) is 40.1 Å². The van der Waals surface area contributed by atoms with E-state index in [4.69, 9.17) is 27.9 Å². The van der Waals surface area contributed by atoms with E-state index in [1.807, 2.05) is 42.5 Å². The Balaban J connectivity index is 1.66. The molecule has 160 valence electrons. The Kier molecular flexibility index (Phi) is 5.33. The summed E-state index contributed by atoms with van der Waals surface area (Å²) in [5, 5.41) is 8.47. The second-order valence-electron chi connectivity index (χ2n) is 7.45. The molecule has 1 amide bonds. The number of aromatic amines is 1. The fourth-order valence-corrected chi connectivity index (χ4v) is 4.57. The van der Waals surface area contributed by atoms with Crippen LogP contribution in [-0.4, -0.2) is 33.1 Å². The molecule has 0 fully saturated rings. The summed E-state index contributed by atoms with van der Waals surface area (Å²) >= 11 is 12.8. The molecule has 5 rings (SSSR count). The van der Waals surface area contributed by atoms with Gasteiger partial charge in [0.25, 0.3) is 5.91 Å². The van der Waals surface area contributed by atoms with Crippen LogP contribution < -0.4 is 4.74 Å². The number of hydrogen-bond acceptors (Lipinski definition) is 4. The third-order valence-electron chi connectivity index (χ3n) is 5.59. The minimum Gasteiger partial charge on any atom is -0.497 e. The number of carbonyl (C=O) groups is 1. The Hall–Kier alpha value is -3.35. The molecule has 4 aromatic rings. The van der Waals surface area contributed by atoms with Gasteiger partial charge in [0.1, 0.15) is 11.4 Å². The summed E-state index contributed by atoms with van der Waals surface area (Å²) in [6, 6.07) is 16.3. The molecule has 32 heavy (non-hydrogen) atoms. The Bertz CT molecular complexity index is 1290. The molecule has 0 saturated carbocycles. The van der Waals surface area contributed by atoms with E-state index in [-0.39, 0.29) is 5.91 Å². The average molecular weight is 465 g/mol. The minimum absolute atomic E-state index is 0.139. The van der Waals surface area contributed by atoms with Crippen molar-refractivity contribution >= 4 is 29.1 Å². The maximum absolute atomic E-state index is 13.5. The van der Waals surface area contributed by atoms with Crippen molar-refractivity contribution in [3.8, 4) is 17.0 Å². The molecule has 2 aromatic carbocycles. The normalized spacial score (nSPS) is 15.2. The van der Waals surface area contributed by atoms with Crippen molar-refractivity contribution in [1.82, 2.24) is 20.1 Å². The van der Waals surface area contributed by atoms with Crippen molar-refractivity contribution in [1.29, 1.82) is 0 Å². The number of hydrogen-bond donors (Lipinski definition) is 1. The first kappa shape index (κ1) is 20.5. The standard InChI is InChI=1S/C24H18Cl2N4O2/c1-32-17-5-2-15(3-6-17)21-20-22(29-28-21)24(31)30(13-14-8-10-27-11-9-14)23(20)18-7-4-16(25)12-19(18)26/h2-12,23H,13H2,1H3,(H,28,29). The lowest BCUT2D eigenvalue weighted by atomic mass is 9.95. The van der Waals surface area contributed by atoms with Crippen LogP contribution in [0.5, 0.6) is 5.75 Å². The van der Waals surface area contributed by atoms with Gasteiger partial charge in [0.2, 0.25) is 0 Å². The number of amides is 1. The van der Waals surface area contributed by atoms with Crippen molar-refractivity contribution in [2.45, 2.75) is 12.6 Å². The molecule has 0 bridgehead atoms. The smallest absolute Gasteiger partial charge is 0.273 e. The van der Waals surface area contributed by atoms with Gasteiger partial charge in [-0.1, -0.05) is 29.3 Å². The van der Waals surface area contributed by atoms with Crippen LogP contribution >= 0.6 is 23.2 Å². The van der Waals surface area contributed by atoms with E-state index in [0.717, 1.165) is 28.0 Å². The average Bonchev–Trinajstić information content (AvgIpc) is 3.35. The molecule has 1 N–H and O–H groups in total. The van der Waals surface area contributed by atoms with Crippen molar-refractivity contribution in [2.24, 2.45) is 0 Å². The number of aromatic nitrogens is 3. The zero-order valence-corrected chi connectivity index (χ0v) is 18.6. The highest BCUT2D eigenvalue weighted by Crippen LogP contribution is 2.45. The van der Waals surface area contributed by atoms with E-state index < -0.39 is 6.04 Å². The molecule has 6 nitrogen and oxygen atoms in total. The number of benzene rings is 2. The lowest BCUT2D eigenvalue weighted by Crippen LogP contribution is -2.29. The molecule has 1 aliphatic heterocycles. The molecule has 1 atom stereocenters. The van der Waals surface area contributed by atoms with E-state index in [9.17, 15) is 4.79 Å². The zero-order valence-electron chi connectivity index (χ0n) is 17.0. The molecule has 0 saturated heterocycles. The van der Waals surface area contributed by atoms with Crippen LogP contribution in [0, 0.1) is 0 Å². The van der Waals surface area contributed by atoms with Crippen LogP contribution in [0.2, 0.25) is 10.0 Å². The first-order chi connectivity index (χ1) is 15.6. The van der Waals surface area contributed by atoms with Crippen LogP contribution in [0.25, 0.3) is 11.3 Å². The number of fused-ring (bicyclic) bond motifs is 1. The summed E-state index contributed by atoms with van der Waals surface area (Å²) in [7, 11) is 1.62. The molecule has 0 radical (unpaired) electrons. The largest absolute Gasteiger partial charge is 0.497 e. The summed E-state index contributed by atoms with van der Waals surface area (Å²) in [5.74, 6) is 0.605.